The van der Waals surface area contributed by atoms with Crippen LogP contribution in [0, 0.1) is 12.7 Å². The summed E-state index contributed by atoms with van der Waals surface area (Å²) in [4.78, 5) is 23.3. The minimum Gasteiger partial charge on any atom is -0.478 e. The average molecular weight is 258 g/mol. The van der Waals surface area contributed by atoms with Gasteiger partial charge in [0.1, 0.15) is 5.82 Å². The van der Waals surface area contributed by atoms with Gasteiger partial charge in [-0.1, -0.05) is 18.2 Å². The smallest absolute Gasteiger partial charge is 0.336 e. The third-order valence-corrected chi connectivity index (χ3v) is 2.82. The molecule has 0 heterocycles. The molecule has 19 heavy (non-hydrogen) atoms. The Morgan fingerprint density at radius 1 is 1.05 bits per heavy atom. The highest BCUT2D eigenvalue weighted by molar-refractivity contribution is 6.14. The summed E-state index contributed by atoms with van der Waals surface area (Å²) in [6.07, 6.45) is 0. The monoisotopic (exact) mass is 258 g/mol. The molecule has 0 saturated carbocycles. The van der Waals surface area contributed by atoms with Gasteiger partial charge in [0.05, 0.1) is 5.56 Å². The van der Waals surface area contributed by atoms with E-state index in [1.165, 1.54) is 30.3 Å². The highest BCUT2D eigenvalue weighted by Crippen LogP contribution is 2.17. The minimum absolute atomic E-state index is 0.0607. The number of carboxylic acids is 1. The van der Waals surface area contributed by atoms with Crippen LogP contribution in [0.3, 0.4) is 0 Å². The lowest BCUT2D eigenvalue weighted by Crippen LogP contribution is -2.09. The van der Waals surface area contributed by atoms with Crippen molar-refractivity contribution < 1.29 is 19.1 Å². The van der Waals surface area contributed by atoms with Crippen LogP contribution in [-0.4, -0.2) is 16.9 Å². The number of halogens is 1. The Balaban J connectivity index is 2.50. The molecule has 0 aliphatic heterocycles. The number of carboxylic acid groups (broad SMARTS) is 1. The number of carbonyl (C=O) groups is 2. The van der Waals surface area contributed by atoms with Crippen molar-refractivity contribution in [2.24, 2.45) is 0 Å². The number of rotatable bonds is 3. The van der Waals surface area contributed by atoms with E-state index in [-0.39, 0.29) is 16.7 Å². The van der Waals surface area contributed by atoms with Crippen LogP contribution in [0.15, 0.2) is 42.5 Å². The van der Waals surface area contributed by atoms with Crippen LogP contribution in [0.1, 0.15) is 31.8 Å². The van der Waals surface area contributed by atoms with E-state index in [1.54, 1.807) is 19.1 Å². The first-order valence-electron chi connectivity index (χ1n) is 5.64. The molecule has 2 aromatic rings. The molecular weight excluding hydrogens is 247 g/mol. The fourth-order valence-electron chi connectivity index (χ4n) is 1.81. The summed E-state index contributed by atoms with van der Waals surface area (Å²) >= 11 is 0. The average Bonchev–Trinajstić information content (AvgIpc) is 2.41. The van der Waals surface area contributed by atoms with Gasteiger partial charge in [-0.25, -0.2) is 9.18 Å². The topological polar surface area (TPSA) is 54.4 Å². The zero-order valence-electron chi connectivity index (χ0n) is 10.2. The molecule has 0 saturated heterocycles. The highest BCUT2D eigenvalue weighted by atomic mass is 19.1. The summed E-state index contributed by atoms with van der Waals surface area (Å²) in [5.41, 5.74) is 0.654. The second kappa shape index (κ2) is 5.02. The number of carbonyl (C=O) groups excluding carboxylic acids is 1. The summed E-state index contributed by atoms with van der Waals surface area (Å²) in [6.45, 7) is 1.55. The summed E-state index contributed by atoms with van der Waals surface area (Å²) in [7, 11) is 0. The van der Waals surface area contributed by atoms with Crippen LogP contribution in [0.5, 0.6) is 0 Å². The molecule has 96 valence electrons. The number of hydrogen-bond acceptors (Lipinski definition) is 2. The van der Waals surface area contributed by atoms with Gasteiger partial charge in [0, 0.05) is 11.1 Å². The van der Waals surface area contributed by atoms with Gasteiger partial charge in [0.25, 0.3) is 0 Å². The van der Waals surface area contributed by atoms with Crippen molar-refractivity contribution in [3.63, 3.8) is 0 Å². The molecule has 0 atom stereocenters. The first kappa shape index (κ1) is 13.0. The van der Waals surface area contributed by atoms with Crippen molar-refractivity contribution in [2.75, 3.05) is 0 Å². The van der Waals surface area contributed by atoms with Crippen molar-refractivity contribution in [1.29, 1.82) is 0 Å². The van der Waals surface area contributed by atoms with Gasteiger partial charge in [0.15, 0.2) is 5.78 Å². The minimum atomic E-state index is -1.16. The number of hydrogen-bond donors (Lipinski definition) is 1. The first-order valence-corrected chi connectivity index (χ1v) is 5.64. The van der Waals surface area contributed by atoms with Gasteiger partial charge < -0.3 is 5.11 Å². The first-order chi connectivity index (χ1) is 9.00. The van der Waals surface area contributed by atoms with Crippen LogP contribution in [-0.2, 0) is 0 Å². The van der Waals surface area contributed by atoms with Gasteiger partial charge in [-0.2, -0.15) is 0 Å². The van der Waals surface area contributed by atoms with Crippen LogP contribution >= 0.6 is 0 Å². The van der Waals surface area contributed by atoms with E-state index in [4.69, 9.17) is 5.11 Å². The fourth-order valence-corrected chi connectivity index (χ4v) is 1.81. The molecule has 1 N–H and O–H groups in total. The lowest BCUT2D eigenvalue weighted by molar-refractivity contribution is 0.0693. The normalized spacial score (nSPS) is 10.2. The number of aryl methyl sites for hydroxylation is 1. The molecule has 0 aliphatic carbocycles. The third-order valence-electron chi connectivity index (χ3n) is 2.82. The maximum atomic E-state index is 13.2. The Hall–Kier alpha value is -2.49. The van der Waals surface area contributed by atoms with Gasteiger partial charge in [-0.3, -0.25) is 4.79 Å². The van der Waals surface area contributed by atoms with Crippen molar-refractivity contribution in [3.8, 4) is 0 Å². The Kier molecular flexibility index (Phi) is 3.42. The van der Waals surface area contributed by atoms with Gasteiger partial charge in [-0.05, 0) is 36.8 Å². The molecular formula is C15H11FO3. The standard InChI is InChI=1S/C15H11FO3/c1-9-8-10(6-7-13(9)16)14(17)11-4-2-3-5-12(11)15(18)19/h2-8H,1H3,(H,18,19). The molecule has 3 nitrogen and oxygen atoms in total. The van der Waals surface area contributed by atoms with E-state index < -0.39 is 17.6 Å². The van der Waals surface area contributed by atoms with Gasteiger partial charge >= 0.3 is 5.97 Å². The molecule has 0 bridgehead atoms. The second-order valence-corrected chi connectivity index (χ2v) is 4.14. The molecule has 0 radical (unpaired) electrons. The largest absolute Gasteiger partial charge is 0.478 e. The third kappa shape index (κ3) is 2.52. The molecule has 2 rings (SSSR count). The fraction of sp³-hybridized carbons (Fsp3) is 0.0667. The quantitative estimate of drug-likeness (QED) is 0.861. The van der Waals surface area contributed by atoms with Crippen molar-refractivity contribution >= 4 is 11.8 Å². The Labute approximate surface area is 109 Å². The molecule has 0 aliphatic rings. The number of aromatic carboxylic acids is 1. The molecule has 0 amide bonds. The van der Waals surface area contributed by atoms with E-state index in [2.05, 4.69) is 0 Å². The maximum absolute atomic E-state index is 13.2. The Morgan fingerprint density at radius 3 is 2.26 bits per heavy atom. The van der Waals surface area contributed by atoms with E-state index in [0.717, 1.165) is 0 Å². The maximum Gasteiger partial charge on any atom is 0.336 e. The van der Waals surface area contributed by atoms with Crippen LogP contribution in [0.2, 0.25) is 0 Å². The molecule has 0 fully saturated rings. The molecule has 2 aromatic carbocycles. The van der Waals surface area contributed by atoms with E-state index in [0.29, 0.717) is 5.56 Å². The van der Waals surface area contributed by atoms with E-state index >= 15 is 0 Å². The molecule has 0 unspecified atom stereocenters. The Bertz CT molecular complexity index is 662. The van der Waals surface area contributed by atoms with Crippen LogP contribution in [0.25, 0.3) is 0 Å². The number of ketones is 1. The summed E-state index contributed by atoms with van der Waals surface area (Å²) in [5, 5.41) is 9.05. The summed E-state index contributed by atoms with van der Waals surface area (Å²) < 4.78 is 13.2. The van der Waals surface area contributed by atoms with Crippen molar-refractivity contribution in [2.45, 2.75) is 6.92 Å². The van der Waals surface area contributed by atoms with E-state index in [1.807, 2.05) is 0 Å². The van der Waals surface area contributed by atoms with E-state index in [9.17, 15) is 14.0 Å². The van der Waals surface area contributed by atoms with Crippen LogP contribution < -0.4 is 0 Å². The summed E-state index contributed by atoms with van der Waals surface area (Å²) in [5.74, 6) is -1.99. The second-order valence-electron chi connectivity index (χ2n) is 4.14. The number of benzene rings is 2. The van der Waals surface area contributed by atoms with Crippen LogP contribution in [0.4, 0.5) is 4.39 Å². The molecule has 4 heteroatoms. The predicted octanol–water partition coefficient (Wildman–Crippen LogP) is 3.06. The lowest BCUT2D eigenvalue weighted by Gasteiger charge is -2.06. The lowest BCUT2D eigenvalue weighted by atomic mass is 9.97. The van der Waals surface area contributed by atoms with Crippen molar-refractivity contribution in [3.05, 3.63) is 70.5 Å². The molecule has 0 aromatic heterocycles. The Morgan fingerprint density at radius 2 is 1.68 bits per heavy atom. The summed E-state index contributed by atoms with van der Waals surface area (Å²) in [6, 6.07) is 9.92. The molecule has 0 spiro atoms. The predicted molar refractivity (Wildman–Crippen MR) is 68.0 cm³/mol. The van der Waals surface area contributed by atoms with Gasteiger partial charge in [0.2, 0.25) is 0 Å². The SMILES string of the molecule is Cc1cc(C(=O)c2ccccc2C(=O)O)ccc1F. The van der Waals surface area contributed by atoms with Gasteiger partial charge in [-0.15, -0.1) is 0 Å². The zero-order chi connectivity index (χ0) is 14.0. The zero-order valence-corrected chi connectivity index (χ0v) is 10.2. The highest BCUT2D eigenvalue weighted by Gasteiger charge is 2.17. The van der Waals surface area contributed by atoms with Crippen molar-refractivity contribution in [1.82, 2.24) is 0 Å².